The van der Waals surface area contributed by atoms with Crippen LogP contribution in [0.4, 0.5) is 5.69 Å². The van der Waals surface area contributed by atoms with Crippen molar-refractivity contribution in [3.05, 3.63) is 46.1 Å². The van der Waals surface area contributed by atoms with Crippen LogP contribution in [0, 0.1) is 13.8 Å². The maximum Gasteiger partial charge on any atom is 0.125 e. The van der Waals surface area contributed by atoms with Crippen LogP contribution >= 0.6 is 15.9 Å². The van der Waals surface area contributed by atoms with Gasteiger partial charge in [0.15, 0.2) is 0 Å². The van der Waals surface area contributed by atoms with Crippen molar-refractivity contribution in [1.29, 1.82) is 0 Å². The van der Waals surface area contributed by atoms with Gasteiger partial charge in [-0.2, -0.15) is 0 Å². The number of nitrogens with one attached hydrogen (secondary N) is 1. The molecule has 0 aromatic carbocycles. The lowest BCUT2D eigenvalue weighted by molar-refractivity contribution is 0.515. The SMILES string of the molecule is Cc1cc(NCc2occc2C)cnc1Br. The summed E-state index contributed by atoms with van der Waals surface area (Å²) in [5, 5.41) is 3.28. The van der Waals surface area contributed by atoms with E-state index < -0.39 is 0 Å². The summed E-state index contributed by atoms with van der Waals surface area (Å²) >= 11 is 3.37. The Labute approximate surface area is 103 Å². The quantitative estimate of drug-likeness (QED) is 0.872. The molecule has 0 spiro atoms. The van der Waals surface area contributed by atoms with Crippen LogP contribution in [0.3, 0.4) is 0 Å². The summed E-state index contributed by atoms with van der Waals surface area (Å²) in [6.45, 7) is 4.73. The lowest BCUT2D eigenvalue weighted by atomic mass is 10.2. The van der Waals surface area contributed by atoms with Crippen LogP contribution in [-0.2, 0) is 6.54 Å². The summed E-state index contributed by atoms with van der Waals surface area (Å²) in [6, 6.07) is 4.01. The van der Waals surface area contributed by atoms with Crippen LogP contribution in [0.15, 0.2) is 33.6 Å². The summed E-state index contributed by atoms with van der Waals surface area (Å²) < 4.78 is 6.23. The van der Waals surface area contributed by atoms with E-state index >= 15 is 0 Å². The number of rotatable bonds is 3. The van der Waals surface area contributed by atoms with Crippen molar-refractivity contribution in [3.8, 4) is 0 Å². The monoisotopic (exact) mass is 280 g/mol. The van der Waals surface area contributed by atoms with Gasteiger partial charge in [-0.1, -0.05) is 0 Å². The number of hydrogen-bond donors (Lipinski definition) is 1. The van der Waals surface area contributed by atoms with Crippen LogP contribution in [0.1, 0.15) is 16.9 Å². The van der Waals surface area contributed by atoms with Gasteiger partial charge in [0.05, 0.1) is 24.7 Å². The minimum absolute atomic E-state index is 0.682. The van der Waals surface area contributed by atoms with Crippen LogP contribution in [-0.4, -0.2) is 4.98 Å². The fourth-order valence-corrected chi connectivity index (χ4v) is 1.64. The van der Waals surface area contributed by atoms with E-state index in [0.717, 1.165) is 27.2 Å². The first-order valence-corrected chi connectivity index (χ1v) is 5.85. The maximum atomic E-state index is 5.35. The molecule has 0 radical (unpaired) electrons. The van der Waals surface area contributed by atoms with Crippen LogP contribution in [0.5, 0.6) is 0 Å². The molecule has 2 aromatic heterocycles. The van der Waals surface area contributed by atoms with E-state index in [1.54, 1.807) is 12.5 Å². The zero-order chi connectivity index (χ0) is 11.5. The molecule has 0 amide bonds. The van der Waals surface area contributed by atoms with Gasteiger partial charge in [0, 0.05) is 0 Å². The summed E-state index contributed by atoms with van der Waals surface area (Å²) in [4.78, 5) is 4.22. The van der Waals surface area contributed by atoms with E-state index in [1.165, 1.54) is 0 Å². The average Bonchev–Trinajstić information content (AvgIpc) is 2.66. The molecule has 1 N–H and O–H groups in total. The zero-order valence-electron chi connectivity index (χ0n) is 9.25. The predicted octanol–water partition coefficient (Wildman–Crippen LogP) is 3.67. The highest BCUT2D eigenvalue weighted by Gasteiger charge is 2.02. The zero-order valence-corrected chi connectivity index (χ0v) is 10.8. The third kappa shape index (κ3) is 2.44. The molecule has 4 heteroatoms. The molecule has 0 aliphatic rings. The van der Waals surface area contributed by atoms with Crippen LogP contribution in [0.25, 0.3) is 0 Å². The molecule has 2 heterocycles. The van der Waals surface area contributed by atoms with Gasteiger partial charge in [-0.05, 0) is 53.0 Å². The van der Waals surface area contributed by atoms with Crippen molar-refractivity contribution >= 4 is 21.6 Å². The van der Waals surface area contributed by atoms with Gasteiger partial charge in [0.1, 0.15) is 10.4 Å². The second-order valence-electron chi connectivity index (χ2n) is 3.71. The van der Waals surface area contributed by atoms with E-state index in [4.69, 9.17) is 4.42 Å². The molecule has 0 saturated carbocycles. The van der Waals surface area contributed by atoms with Crippen molar-refractivity contribution in [2.45, 2.75) is 20.4 Å². The molecule has 84 valence electrons. The fourth-order valence-electron chi connectivity index (χ4n) is 1.42. The Morgan fingerprint density at radius 2 is 2.19 bits per heavy atom. The molecule has 0 fully saturated rings. The third-order valence-electron chi connectivity index (χ3n) is 2.44. The van der Waals surface area contributed by atoms with Gasteiger partial charge in [-0.3, -0.25) is 0 Å². The van der Waals surface area contributed by atoms with Gasteiger partial charge < -0.3 is 9.73 Å². The van der Waals surface area contributed by atoms with E-state index in [9.17, 15) is 0 Å². The molecular weight excluding hydrogens is 268 g/mol. The summed E-state index contributed by atoms with van der Waals surface area (Å²) in [5.41, 5.74) is 3.27. The molecule has 2 rings (SSSR count). The van der Waals surface area contributed by atoms with Crippen LogP contribution < -0.4 is 5.32 Å². The van der Waals surface area contributed by atoms with Crippen molar-refractivity contribution in [2.75, 3.05) is 5.32 Å². The molecular formula is C12H13BrN2O. The Hall–Kier alpha value is -1.29. The number of furan rings is 1. The topological polar surface area (TPSA) is 38.1 Å². The molecule has 0 unspecified atom stereocenters. The van der Waals surface area contributed by atoms with Crippen molar-refractivity contribution in [2.24, 2.45) is 0 Å². The van der Waals surface area contributed by atoms with E-state index in [0.29, 0.717) is 6.54 Å². The normalized spacial score (nSPS) is 10.4. The Bertz CT molecular complexity index is 494. The lowest BCUT2D eigenvalue weighted by Gasteiger charge is -2.06. The van der Waals surface area contributed by atoms with Gasteiger partial charge in [-0.25, -0.2) is 4.98 Å². The highest BCUT2D eigenvalue weighted by atomic mass is 79.9. The Morgan fingerprint density at radius 3 is 2.81 bits per heavy atom. The molecule has 2 aromatic rings. The average molecular weight is 281 g/mol. The number of anilines is 1. The number of pyridine rings is 1. The third-order valence-corrected chi connectivity index (χ3v) is 3.27. The number of nitrogens with zero attached hydrogens (tertiary/aromatic N) is 1. The van der Waals surface area contributed by atoms with E-state index in [2.05, 4.69) is 32.3 Å². The smallest absolute Gasteiger partial charge is 0.125 e. The molecule has 0 bridgehead atoms. The summed E-state index contributed by atoms with van der Waals surface area (Å²) in [7, 11) is 0. The second-order valence-corrected chi connectivity index (χ2v) is 4.46. The summed E-state index contributed by atoms with van der Waals surface area (Å²) in [5.74, 6) is 0.959. The van der Waals surface area contributed by atoms with Crippen molar-refractivity contribution in [1.82, 2.24) is 4.98 Å². The van der Waals surface area contributed by atoms with Gasteiger partial charge in [-0.15, -0.1) is 0 Å². The number of halogens is 1. The molecule has 0 aliphatic carbocycles. The molecule has 0 saturated heterocycles. The standard InChI is InChI=1S/C12H13BrN2O/c1-8-3-4-16-11(8)7-14-10-5-9(2)12(13)15-6-10/h3-6,14H,7H2,1-2H3. The van der Waals surface area contributed by atoms with E-state index in [-0.39, 0.29) is 0 Å². The van der Waals surface area contributed by atoms with E-state index in [1.807, 2.05) is 19.9 Å². The minimum Gasteiger partial charge on any atom is -0.467 e. The van der Waals surface area contributed by atoms with Crippen molar-refractivity contribution < 1.29 is 4.42 Å². The molecule has 3 nitrogen and oxygen atoms in total. The Kier molecular flexibility index (Phi) is 3.29. The van der Waals surface area contributed by atoms with Crippen LogP contribution in [0.2, 0.25) is 0 Å². The number of hydrogen-bond acceptors (Lipinski definition) is 3. The molecule has 0 aliphatic heterocycles. The first kappa shape index (κ1) is 11.2. The van der Waals surface area contributed by atoms with Gasteiger partial charge in [0.25, 0.3) is 0 Å². The Morgan fingerprint density at radius 1 is 1.38 bits per heavy atom. The highest BCUT2D eigenvalue weighted by Crippen LogP contribution is 2.18. The first-order chi connectivity index (χ1) is 7.66. The number of aromatic nitrogens is 1. The molecule has 0 atom stereocenters. The maximum absolute atomic E-state index is 5.35. The highest BCUT2D eigenvalue weighted by molar-refractivity contribution is 9.10. The molecule has 16 heavy (non-hydrogen) atoms. The Balaban J connectivity index is 2.05. The first-order valence-electron chi connectivity index (χ1n) is 5.06. The second kappa shape index (κ2) is 4.70. The minimum atomic E-state index is 0.682. The number of aryl methyl sites for hydroxylation is 2. The van der Waals surface area contributed by atoms with Crippen molar-refractivity contribution in [3.63, 3.8) is 0 Å². The van der Waals surface area contributed by atoms with Gasteiger partial charge >= 0.3 is 0 Å². The van der Waals surface area contributed by atoms with Gasteiger partial charge in [0.2, 0.25) is 0 Å². The fraction of sp³-hybridized carbons (Fsp3) is 0.250. The summed E-state index contributed by atoms with van der Waals surface area (Å²) in [6.07, 6.45) is 3.51. The predicted molar refractivity (Wildman–Crippen MR) is 67.4 cm³/mol. The largest absolute Gasteiger partial charge is 0.467 e. The lowest BCUT2D eigenvalue weighted by Crippen LogP contribution is -2.00.